The number of hydrogen-bond acceptors (Lipinski definition) is 5. The quantitative estimate of drug-likeness (QED) is 0.850. The summed E-state index contributed by atoms with van der Waals surface area (Å²) >= 11 is 0. The number of carbonyl (C=O) groups is 2. The van der Waals surface area contributed by atoms with Crippen molar-refractivity contribution in [2.24, 2.45) is 0 Å². The van der Waals surface area contributed by atoms with Crippen molar-refractivity contribution in [3.63, 3.8) is 0 Å². The van der Waals surface area contributed by atoms with Crippen molar-refractivity contribution in [2.45, 2.75) is 38.6 Å². The molecule has 2 fully saturated rings. The SMILES string of the molecule is CC(=O)N1CCN(c2cnc3ccc(NC(=O)NC4CCCC4)nc3c2)CC1. The first-order chi connectivity index (χ1) is 13.6. The molecule has 0 radical (unpaired) electrons. The molecule has 2 aromatic rings. The van der Waals surface area contributed by atoms with Crippen LogP contribution < -0.4 is 15.5 Å². The highest BCUT2D eigenvalue weighted by atomic mass is 16.2. The molecular formula is C20H26N6O2. The first-order valence-electron chi connectivity index (χ1n) is 9.93. The molecule has 4 rings (SSSR count). The van der Waals surface area contributed by atoms with Crippen molar-refractivity contribution in [1.29, 1.82) is 0 Å². The molecule has 8 nitrogen and oxygen atoms in total. The predicted molar refractivity (Wildman–Crippen MR) is 108 cm³/mol. The van der Waals surface area contributed by atoms with E-state index in [1.807, 2.05) is 23.2 Å². The number of nitrogens with one attached hydrogen (secondary N) is 2. The fourth-order valence-corrected chi connectivity index (χ4v) is 3.93. The number of urea groups is 1. The first-order valence-corrected chi connectivity index (χ1v) is 9.93. The van der Waals surface area contributed by atoms with Crippen molar-refractivity contribution in [3.05, 3.63) is 24.4 Å². The van der Waals surface area contributed by atoms with Gasteiger partial charge in [-0.2, -0.15) is 0 Å². The van der Waals surface area contributed by atoms with Crippen LogP contribution >= 0.6 is 0 Å². The zero-order valence-electron chi connectivity index (χ0n) is 16.1. The number of hydrogen-bond donors (Lipinski definition) is 2. The fourth-order valence-electron chi connectivity index (χ4n) is 3.93. The van der Waals surface area contributed by atoms with Gasteiger partial charge in [-0.3, -0.25) is 15.1 Å². The number of piperazine rings is 1. The molecule has 28 heavy (non-hydrogen) atoms. The van der Waals surface area contributed by atoms with Crippen molar-refractivity contribution in [1.82, 2.24) is 20.2 Å². The predicted octanol–water partition coefficient (Wildman–Crippen LogP) is 2.36. The Morgan fingerprint density at radius 2 is 1.82 bits per heavy atom. The molecule has 0 spiro atoms. The molecule has 0 unspecified atom stereocenters. The zero-order chi connectivity index (χ0) is 19.5. The molecule has 3 heterocycles. The summed E-state index contributed by atoms with van der Waals surface area (Å²) in [4.78, 5) is 36.8. The normalized spacial score (nSPS) is 17.8. The van der Waals surface area contributed by atoms with Crippen LogP contribution in [0.1, 0.15) is 32.6 Å². The third-order valence-electron chi connectivity index (χ3n) is 5.55. The summed E-state index contributed by atoms with van der Waals surface area (Å²) in [6.07, 6.45) is 6.28. The van der Waals surface area contributed by atoms with Crippen LogP contribution in [-0.2, 0) is 4.79 Å². The molecule has 2 aromatic heterocycles. The van der Waals surface area contributed by atoms with E-state index in [4.69, 9.17) is 0 Å². The van der Waals surface area contributed by atoms with Crippen LogP contribution in [0.5, 0.6) is 0 Å². The first kappa shape index (κ1) is 18.5. The van der Waals surface area contributed by atoms with E-state index in [9.17, 15) is 9.59 Å². The average molecular weight is 382 g/mol. The molecule has 1 aliphatic carbocycles. The van der Waals surface area contributed by atoms with Crippen LogP contribution in [0.3, 0.4) is 0 Å². The van der Waals surface area contributed by atoms with Gasteiger partial charge in [-0.05, 0) is 31.0 Å². The van der Waals surface area contributed by atoms with Gasteiger partial charge in [0.1, 0.15) is 5.82 Å². The maximum absolute atomic E-state index is 12.2. The number of aromatic nitrogens is 2. The van der Waals surface area contributed by atoms with Gasteiger partial charge in [-0.1, -0.05) is 12.8 Å². The summed E-state index contributed by atoms with van der Waals surface area (Å²) in [5.41, 5.74) is 2.51. The molecule has 1 saturated carbocycles. The lowest BCUT2D eigenvalue weighted by Crippen LogP contribution is -2.48. The molecule has 3 amide bonds. The number of amides is 3. The minimum atomic E-state index is -0.205. The lowest BCUT2D eigenvalue weighted by Gasteiger charge is -2.35. The number of nitrogens with zero attached hydrogens (tertiary/aromatic N) is 4. The number of carbonyl (C=O) groups excluding carboxylic acids is 2. The van der Waals surface area contributed by atoms with E-state index < -0.39 is 0 Å². The van der Waals surface area contributed by atoms with Gasteiger partial charge in [0.05, 0.1) is 22.9 Å². The molecule has 2 aliphatic rings. The average Bonchev–Trinajstić information content (AvgIpc) is 3.20. The van der Waals surface area contributed by atoms with Gasteiger partial charge in [0.15, 0.2) is 0 Å². The summed E-state index contributed by atoms with van der Waals surface area (Å²) in [7, 11) is 0. The highest BCUT2D eigenvalue weighted by Crippen LogP contribution is 2.22. The fraction of sp³-hybridized carbons (Fsp3) is 0.500. The lowest BCUT2D eigenvalue weighted by atomic mass is 10.2. The Morgan fingerprint density at radius 3 is 2.54 bits per heavy atom. The molecule has 2 N–H and O–H groups in total. The van der Waals surface area contributed by atoms with E-state index in [0.29, 0.717) is 18.9 Å². The summed E-state index contributed by atoms with van der Waals surface area (Å²) in [5.74, 6) is 0.632. The Kier molecular flexibility index (Phi) is 5.27. The zero-order valence-corrected chi connectivity index (χ0v) is 16.1. The monoisotopic (exact) mass is 382 g/mol. The molecule has 1 aliphatic heterocycles. The van der Waals surface area contributed by atoms with E-state index in [1.165, 1.54) is 12.8 Å². The number of fused-ring (bicyclic) bond motifs is 1. The summed E-state index contributed by atoms with van der Waals surface area (Å²) in [5, 5.41) is 5.84. The summed E-state index contributed by atoms with van der Waals surface area (Å²) < 4.78 is 0. The van der Waals surface area contributed by atoms with Crippen LogP contribution in [0.15, 0.2) is 24.4 Å². The minimum Gasteiger partial charge on any atom is -0.367 e. The number of rotatable bonds is 3. The van der Waals surface area contributed by atoms with Gasteiger partial charge >= 0.3 is 6.03 Å². The van der Waals surface area contributed by atoms with Crippen LogP contribution in [0.25, 0.3) is 11.0 Å². The number of anilines is 2. The van der Waals surface area contributed by atoms with Gasteiger partial charge in [-0.15, -0.1) is 0 Å². The minimum absolute atomic E-state index is 0.115. The molecule has 1 saturated heterocycles. The second-order valence-electron chi connectivity index (χ2n) is 7.50. The highest BCUT2D eigenvalue weighted by molar-refractivity contribution is 5.90. The van der Waals surface area contributed by atoms with E-state index in [0.717, 1.165) is 42.7 Å². The van der Waals surface area contributed by atoms with Crippen molar-refractivity contribution >= 4 is 34.5 Å². The number of pyridine rings is 2. The Labute approximate surface area is 164 Å². The summed E-state index contributed by atoms with van der Waals surface area (Å²) in [6.45, 7) is 4.57. The maximum Gasteiger partial charge on any atom is 0.320 e. The van der Waals surface area contributed by atoms with Crippen LogP contribution in [0.4, 0.5) is 16.3 Å². The van der Waals surface area contributed by atoms with E-state index >= 15 is 0 Å². The Morgan fingerprint density at radius 1 is 1.07 bits per heavy atom. The lowest BCUT2D eigenvalue weighted by molar-refractivity contribution is -0.129. The maximum atomic E-state index is 12.2. The Bertz CT molecular complexity index is 872. The van der Waals surface area contributed by atoms with E-state index in [-0.39, 0.29) is 18.0 Å². The topological polar surface area (TPSA) is 90.5 Å². The Hall–Kier alpha value is -2.90. The second-order valence-corrected chi connectivity index (χ2v) is 7.50. The van der Waals surface area contributed by atoms with Gasteiger partial charge in [0.2, 0.25) is 5.91 Å². The van der Waals surface area contributed by atoms with Gasteiger partial charge < -0.3 is 15.1 Å². The largest absolute Gasteiger partial charge is 0.367 e. The van der Waals surface area contributed by atoms with Crippen LogP contribution in [0, 0.1) is 0 Å². The molecular weight excluding hydrogens is 356 g/mol. The summed E-state index contributed by atoms with van der Waals surface area (Å²) in [6, 6.07) is 5.69. The molecule has 0 aromatic carbocycles. The van der Waals surface area contributed by atoms with E-state index in [1.54, 1.807) is 13.0 Å². The van der Waals surface area contributed by atoms with Gasteiger partial charge in [0.25, 0.3) is 0 Å². The van der Waals surface area contributed by atoms with Crippen LogP contribution in [0.2, 0.25) is 0 Å². The van der Waals surface area contributed by atoms with Crippen LogP contribution in [-0.4, -0.2) is 59.0 Å². The third kappa shape index (κ3) is 4.16. The second kappa shape index (κ2) is 8.00. The smallest absolute Gasteiger partial charge is 0.320 e. The molecule has 8 heteroatoms. The van der Waals surface area contributed by atoms with Gasteiger partial charge in [-0.25, -0.2) is 9.78 Å². The molecule has 0 bridgehead atoms. The standard InChI is InChI=1S/C20H26N6O2/c1-14(27)25-8-10-26(11-9-25)16-12-18-17(21-13-16)6-7-19(23-18)24-20(28)22-15-4-2-3-5-15/h6-7,12-13,15H,2-5,8-11H2,1H3,(H2,22,23,24,28). The Balaban J connectivity index is 1.44. The van der Waals surface area contributed by atoms with Crippen molar-refractivity contribution in [2.75, 3.05) is 36.4 Å². The van der Waals surface area contributed by atoms with E-state index in [2.05, 4.69) is 25.5 Å². The van der Waals surface area contributed by atoms with Gasteiger partial charge in [0, 0.05) is 39.1 Å². The molecule has 0 atom stereocenters. The van der Waals surface area contributed by atoms with Crippen molar-refractivity contribution < 1.29 is 9.59 Å². The molecule has 148 valence electrons. The van der Waals surface area contributed by atoms with Crippen molar-refractivity contribution in [3.8, 4) is 0 Å². The third-order valence-corrected chi connectivity index (χ3v) is 5.55. The highest BCUT2D eigenvalue weighted by Gasteiger charge is 2.20.